The van der Waals surface area contributed by atoms with Gasteiger partial charge in [-0.3, -0.25) is 0 Å². The van der Waals surface area contributed by atoms with Crippen molar-refractivity contribution in [2.24, 2.45) is 5.73 Å². The number of thiazole rings is 1. The third kappa shape index (κ3) is 2.00. The van der Waals surface area contributed by atoms with E-state index < -0.39 is 5.54 Å². The van der Waals surface area contributed by atoms with Crippen molar-refractivity contribution in [1.82, 2.24) is 4.98 Å². The molecule has 1 aromatic carbocycles. The Bertz CT molecular complexity index is 673. The fourth-order valence-corrected chi connectivity index (χ4v) is 4.91. The molecule has 4 heteroatoms. The summed E-state index contributed by atoms with van der Waals surface area (Å²) in [5, 5.41) is 1.10. The molecule has 2 aliphatic rings. The highest BCUT2D eigenvalue weighted by Gasteiger charge is 2.38. The molecule has 0 saturated heterocycles. The Morgan fingerprint density at radius 2 is 2.14 bits per heavy atom. The number of nitrogens with zero attached hydrogens (tertiary/aromatic N) is 1. The largest absolute Gasteiger partial charge is 0.497 e. The van der Waals surface area contributed by atoms with Crippen LogP contribution in [0.1, 0.15) is 46.0 Å². The first-order chi connectivity index (χ1) is 10.2. The van der Waals surface area contributed by atoms with E-state index in [2.05, 4.69) is 12.1 Å². The Hall–Kier alpha value is -1.39. The maximum absolute atomic E-state index is 6.87. The summed E-state index contributed by atoms with van der Waals surface area (Å²) in [7, 11) is 1.71. The molecule has 2 aliphatic carbocycles. The molecule has 0 radical (unpaired) electrons. The van der Waals surface area contributed by atoms with Gasteiger partial charge in [0.1, 0.15) is 10.8 Å². The van der Waals surface area contributed by atoms with Crippen molar-refractivity contribution in [3.05, 3.63) is 44.9 Å². The Morgan fingerprint density at radius 3 is 2.95 bits per heavy atom. The highest BCUT2D eigenvalue weighted by atomic mass is 32.1. The van der Waals surface area contributed by atoms with Crippen molar-refractivity contribution in [2.45, 2.75) is 44.1 Å². The highest BCUT2D eigenvalue weighted by molar-refractivity contribution is 7.12. The summed E-state index contributed by atoms with van der Waals surface area (Å²) in [4.78, 5) is 6.34. The van der Waals surface area contributed by atoms with Crippen LogP contribution in [0.15, 0.2) is 18.2 Å². The van der Waals surface area contributed by atoms with Gasteiger partial charge in [0, 0.05) is 4.88 Å². The first-order valence-corrected chi connectivity index (χ1v) is 8.48. The van der Waals surface area contributed by atoms with Crippen LogP contribution in [0.3, 0.4) is 0 Å². The maximum atomic E-state index is 6.87. The topological polar surface area (TPSA) is 48.1 Å². The molecular weight excluding hydrogens is 280 g/mol. The van der Waals surface area contributed by atoms with Gasteiger partial charge in [0.05, 0.1) is 18.3 Å². The van der Waals surface area contributed by atoms with E-state index in [9.17, 15) is 0 Å². The van der Waals surface area contributed by atoms with Gasteiger partial charge in [0.25, 0.3) is 0 Å². The van der Waals surface area contributed by atoms with Gasteiger partial charge in [-0.05, 0) is 61.8 Å². The summed E-state index contributed by atoms with van der Waals surface area (Å²) in [6.07, 6.45) is 6.74. The first kappa shape index (κ1) is 13.3. The SMILES string of the molecule is COc1ccc2c(c1)C(N)(c1nc3c(s1)CCC3)CCC2. The van der Waals surface area contributed by atoms with E-state index in [1.807, 2.05) is 17.4 Å². The van der Waals surface area contributed by atoms with Crippen molar-refractivity contribution in [3.63, 3.8) is 0 Å². The van der Waals surface area contributed by atoms with Crippen molar-refractivity contribution in [2.75, 3.05) is 7.11 Å². The number of ether oxygens (including phenoxy) is 1. The summed E-state index contributed by atoms with van der Waals surface area (Å²) < 4.78 is 5.40. The highest BCUT2D eigenvalue weighted by Crippen LogP contribution is 2.43. The third-order valence-corrected chi connectivity index (χ3v) is 6.13. The fourth-order valence-electron chi connectivity index (χ4n) is 3.61. The van der Waals surface area contributed by atoms with Crippen molar-refractivity contribution in [3.8, 4) is 5.75 Å². The molecule has 1 aromatic heterocycles. The number of nitrogens with two attached hydrogens (primary N) is 1. The van der Waals surface area contributed by atoms with Crippen LogP contribution >= 0.6 is 11.3 Å². The molecule has 3 nitrogen and oxygen atoms in total. The fraction of sp³-hybridized carbons (Fsp3) is 0.471. The normalized spacial score (nSPS) is 23.7. The molecule has 110 valence electrons. The first-order valence-electron chi connectivity index (χ1n) is 7.66. The van der Waals surface area contributed by atoms with Gasteiger partial charge >= 0.3 is 0 Å². The smallest absolute Gasteiger partial charge is 0.119 e. The van der Waals surface area contributed by atoms with Gasteiger partial charge in [-0.15, -0.1) is 11.3 Å². The lowest BCUT2D eigenvalue weighted by Gasteiger charge is -2.34. The van der Waals surface area contributed by atoms with Crippen LogP contribution in [0.2, 0.25) is 0 Å². The van der Waals surface area contributed by atoms with Gasteiger partial charge in [-0.1, -0.05) is 6.07 Å². The summed E-state index contributed by atoms with van der Waals surface area (Å²) in [5.74, 6) is 0.884. The van der Waals surface area contributed by atoms with Crippen LogP contribution in [0.5, 0.6) is 5.75 Å². The number of hydrogen-bond acceptors (Lipinski definition) is 4. The number of rotatable bonds is 2. The molecular formula is C17H20N2OS. The standard InChI is InChI=1S/C17H20N2OS/c1-20-12-8-7-11-4-3-9-17(18,13(11)10-12)16-19-14-5-2-6-15(14)21-16/h7-8,10H,2-6,9,18H2,1H3. The van der Waals surface area contributed by atoms with Crippen molar-refractivity contribution < 1.29 is 4.74 Å². The Balaban J connectivity index is 1.84. The quantitative estimate of drug-likeness (QED) is 0.926. The molecule has 1 atom stereocenters. The van der Waals surface area contributed by atoms with Crippen LogP contribution < -0.4 is 10.5 Å². The number of fused-ring (bicyclic) bond motifs is 2. The summed E-state index contributed by atoms with van der Waals surface area (Å²) in [6.45, 7) is 0. The summed E-state index contributed by atoms with van der Waals surface area (Å²) in [6, 6.07) is 6.31. The van der Waals surface area contributed by atoms with Gasteiger partial charge < -0.3 is 10.5 Å². The zero-order valence-corrected chi connectivity index (χ0v) is 13.1. The van der Waals surface area contributed by atoms with Crippen LogP contribution in [0.4, 0.5) is 0 Å². The van der Waals surface area contributed by atoms with E-state index in [1.165, 1.54) is 34.5 Å². The van der Waals surface area contributed by atoms with Gasteiger partial charge in [0.2, 0.25) is 0 Å². The number of methoxy groups -OCH3 is 1. The average molecular weight is 300 g/mol. The molecule has 0 spiro atoms. The van der Waals surface area contributed by atoms with Crippen LogP contribution in [0.25, 0.3) is 0 Å². The molecule has 0 saturated carbocycles. The third-order valence-electron chi connectivity index (χ3n) is 4.79. The molecule has 2 N–H and O–H groups in total. The molecule has 0 bridgehead atoms. The minimum atomic E-state index is -0.433. The lowest BCUT2D eigenvalue weighted by atomic mass is 9.77. The lowest BCUT2D eigenvalue weighted by Crippen LogP contribution is -2.41. The number of aromatic nitrogens is 1. The van der Waals surface area contributed by atoms with E-state index in [1.54, 1.807) is 7.11 Å². The molecule has 1 unspecified atom stereocenters. The zero-order valence-electron chi connectivity index (χ0n) is 12.3. The average Bonchev–Trinajstić information content (AvgIpc) is 3.09. The molecule has 1 heterocycles. The van der Waals surface area contributed by atoms with Crippen LogP contribution in [-0.2, 0) is 24.8 Å². The van der Waals surface area contributed by atoms with Crippen molar-refractivity contribution in [1.29, 1.82) is 0 Å². The van der Waals surface area contributed by atoms with E-state index in [0.717, 1.165) is 36.4 Å². The number of hydrogen-bond donors (Lipinski definition) is 1. The Labute approximate surface area is 129 Å². The summed E-state index contributed by atoms with van der Waals surface area (Å²) >= 11 is 1.83. The minimum absolute atomic E-state index is 0.433. The van der Waals surface area contributed by atoms with E-state index >= 15 is 0 Å². The molecule has 4 rings (SSSR count). The van der Waals surface area contributed by atoms with E-state index in [4.69, 9.17) is 15.5 Å². The minimum Gasteiger partial charge on any atom is -0.497 e. The second kappa shape index (κ2) is 4.82. The molecule has 21 heavy (non-hydrogen) atoms. The Morgan fingerprint density at radius 1 is 1.24 bits per heavy atom. The van der Waals surface area contributed by atoms with Crippen LogP contribution in [-0.4, -0.2) is 12.1 Å². The van der Waals surface area contributed by atoms with Gasteiger partial charge in [-0.2, -0.15) is 0 Å². The lowest BCUT2D eigenvalue weighted by molar-refractivity contribution is 0.404. The second-order valence-corrected chi connectivity index (χ2v) is 7.17. The Kier molecular flexibility index (Phi) is 3.05. The number of benzene rings is 1. The van der Waals surface area contributed by atoms with Gasteiger partial charge in [-0.25, -0.2) is 4.98 Å². The molecule has 0 fully saturated rings. The predicted octanol–water partition coefficient (Wildman–Crippen LogP) is 3.18. The maximum Gasteiger partial charge on any atom is 0.119 e. The van der Waals surface area contributed by atoms with Crippen molar-refractivity contribution >= 4 is 11.3 Å². The second-order valence-electron chi connectivity index (χ2n) is 6.09. The molecule has 0 aliphatic heterocycles. The summed E-state index contributed by atoms with van der Waals surface area (Å²) in [5.41, 5.74) is 10.3. The van der Waals surface area contributed by atoms with Crippen LogP contribution in [0, 0.1) is 0 Å². The molecule has 2 aromatic rings. The van der Waals surface area contributed by atoms with E-state index in [-0.39, 0.29) is 0 Å². The number of aryl methyl sites for hydroxylation is 3. The predicted molar refractivity (Wildman–Crippen MR) is 85.0 cm³/mol. The zero-order chi connectivity index (χ0) is 14.4. The van der Waals surface area contributed by atoms with E-state index in [0.29, 0.717) is 0 Å². The van der Waals surface area contributed by atoms with Gasteiger partial charge in [0.15, 0.2) is 0 Å². The monoisotopic (exact) mass is 300 g/mol. The molecule has 0 amide bonds.